The number of anilines is 1. The summed E-state index contributed by atoms with van der Waals surface area (Å²) < 4.78 is 29.5. The zero-order chi connectivity index (χ0) is 17.0. The molecule has 8 heteroatoms. The van der Waals surface area contributed by atoms with Crippen molar-refractivity contribution in [3.63, 3.8) is 0 Å². The molecule has 0 bridgehead atoms. The molecule has 1 aliphatic heterocycles. The molecular formula is C15H22N2O5S. The lowest BCUT2D eigenvalue weighted by Gasteiger charge is -2.23. The average molecular weight is 342 g/mol. The van der Waals surface area contributed by atoms with Crippen LogP contribution in [0.25, 0.3) is 0 Å². The van der Waals surface area contributed by atoms with E-state index >= 15 is 0 Å². The zero-order valence-corrected chi connectivity index (χ0v) is 13.9. The van der Waals surface area contributed by atoms with Crippen LogP contribution in [0.4, 0.5) is 5.69 Å². The Hall–Kier alpha value is -1.80. The lowest BCUT2D eigenvalue weighted by molar-refractivity contribution is 0.0696. The first-order valence-electron chi connectivity index (χ1n) is 7.66. The third-order valence-electron chi connectivity index (χ3n) is 3.78. The van der Waals surface area contributed by atoms with Gasteiger partial charge in [0.15, 0.2) is 5.75 Å². The highest BCUT2D eigenvalue weighted by atomic mass is 32.2. The molecule has 128 valence electrons. The van der Waals surface area contributed by atoms with E-state index in [-0.39, 0.29) is 16.2 Å². The van der Waals surface area contributed by atoms with E-state index in [4.69, 9.17) is 9.88 Å². The quantitative estimate of drug-likeness (QED) is 0.731. The highest BCUT2D eigenvalue weighted by Crippen LogP contribution is 2.38. The number of nitrogens with zero attached hydrogens (tertiary/aromatic N) is 1. The fraction of sp³-hybridized carbons (Fsp3) is 0.533. The van der Waals surface area contributed by atoms with E-state index in [2.05, 4.69) is 0 Å². The van der Waals surface area contributed by atoms with E-state index in [1.54, 1.807) is 0 Å². The number of sulfonamides is 1. The number of primary sulfonamides is 1. The van der Waals surface area contributed by atoms with Crippen molar-refractivity contribution in [1.82, 2.24) is 0 Å². The van der Waals surface area contributed by atoms with Crippen molar-refractivity contribution < 1.29 is 23.1 Å². The molecule has 3 N–H and O–H groups in total. The maximum Gasteiger partial charge on any atom is 0.335 e. The summed E-state index contributed by atoms with van der Waals surface area (Å²) in [5.74, 6) is -1.04. The predicted molar refractivity (Wildman–Crippen MR) is 86.6 cm³/mol. The van der Waals surface area contributed by atoms with Gasteiger partial charge in [0, 0.05) is 13.1 Å². The number of rotatable bonds is 7. The Morgan fingerprint density at radius 1 is 1.35 bits per heavy atom. The summed E-state index contributed by atoms with van der Waals surface area (Å²) in [7, 11) is -4.09. The molecule has 1 aliphatic rings. The molecule has 1 aromatic carbocycles. The van der Waals surface area contributed by atoms with Crippen molar-refractivity contribution in [2.45, 2.75) is 37.5 Å². The monoisotopic (exact) mass is 342 g/mol. The molecule has 0 atom stereocenters. The number of unbranched alkanes of at least 4 members (excludes halogenated alkanes) is 1. The topological polar surface area (TPSA) is 110 Å². The zero-order valence-electron chi connectivity index (χ0n) is 13.1. The third kappa shape index (κ3) is 4.14. The molecule has 2 rings (SSSR count). The van der Waals surface area contributed by atoms with Gasteiger partial charge in [0.25, 0.3) is 0 Å². The number of carboxylic acids is 1. The number of aromatic carboxylic acids is 1. The number of ether oxygens (including phenoxy) is 1. The molecule has 23 heavy (non-hydrogen) atoms. The number of hydrogen-bond donors (Lipinski definition) is 2. The molecule has 1 fully saturated rings. The van der Waals surface area contributed by atoms with E-state index in [1.807, 2.05) is 11.8 Å². The molecule has 1 heterocycles. The van der Waals surface area contributed by atoms with Gasteiger partial charge in [0.2, 0.25) is 10.0 Å². The van der Waals surface area contributed by atoms with Crippen LogP contribution >= 0.6 is 0 Å². The van der Waals surface area contributed by atoms with E-state index in [1.165, 1.54) is 6.07 Å². The summed E-state index contributed by atoms with van der Waals surface area (Å²) in [6.45, 7) is 3.82. The summed E-state index contributed by atoms with van der Waals surface area (Å²) in [4.78, 5) is 13.0. The second-order valence-corrected chi connectivity index (χ2v) is 7.10. The van der Waals surface area contributed by atoms with Gasteiger partial charge in [0.05, 0.1) is 17.9 Å². The van der Waals surface area contributed by atoms with E-state index in [0.29, 0.717) is 12.3 Å². The fourth-order valence-corrected chi connectivity index (χ4v) is 3.29. The summed E-state index contributed by atoms with van der Waals surface area (Å²) in [6.07, 6.45) is 3.61. The van der Waals surface area contributed by atoms with Gasteiger partial charge in [0.1, 0.15) is 4.90 Å². The van der Waals surface area contributed by atoms with Gasteiger partial charge >= 0.3 is 5.97 Å². The molecule has 0 saturated carbocycles. The number of carboxylic acid groups (broad SMARTS) is 1. The molecule has 0 aliphatic carbocycles. The van der Waals surface area contributed by atoms with Crippen LogP contribution in [0.2, 0.25) is 0 Å². The molecular weight excluding hydrogens is 320 g/mol. The van der Waals surface area contributed by atoms with Crippen LogP contribution in [0.5, 0.6) is 5.75 Å². The van der Waals surface area contributed by atoms with E-state index in [0.717, 1.165) is 44.8 Å². The van der Waals surface area contributed by atoms with Gasteiger partial charge in [-0.3, -0.25) is 0 Å². The van der Waals surface area contributed by atoms with Gasteiger partial charge in [-0.2, -0.15) is 0 Å². The summed E-state index contributed by atoms with van der Waals surface area (Å²) in [5.41, 5.74) is 0.376. The minimum atomic E-state index is -4.09. The van der Waals surface area contributed by atoms with Gasteiger partial charge in [-0.05, 0) is 31.4 Å². The van der Waals surface area contributed by atoms with Gasteiger partial charge in [-0.25, -0.2) is 18.4 Å². The minimum Gasteiger partial charge on any atom is -0.490 e. The van der Waals surface area contributed by atoms with Crippen molar-refractivity contribution >= 4 is 21.7 Å². The average Bonchev–Trinajstić information content (AvgIpc) is 3.00. The van der Waals surface area contributed by atoms with Crippen molar-refractivity contribution in [2.75, 3.05) is 24.6 Å². The van der Waals surface area contributed by atoms with Crippen molar-refractivity contribution in [2.24, 2.45) is 5.14 Å². The second-order valence-electron chi connectivity index (χ2n) is 5.57. The largest absolute Gasteiger partial charge is 0.490 e. The van der Waals surface area contributed by atoms with Crippen LogP contribution in [0.3, 0.4) is 0 Å². The first-order chi connectivity index (χ1) is 10.8. The lowest BCUT2D eigenvalue weighted by atomic mass is 10.1. The standard InChI is InChI=1S/C15H22N2O5S/c1-2-3-8-22-14-12(17-6-4-5-7-17)9-11(15(18)19)10-13(14)23(16,20)21/h9-10H,2-8H2,1H3,(H,18,19)(H2,16,20,21). The number of hydrogen-bond acceptors (Lipinski definition) is 5. The summed E-state index contributed by atoms with van der Waals surface area (Å²) in [5, 5.41) is 14.5. The summed E-state index contributed by atoms with van der Waals surface area (Å²) >= 11 is 0. The van der Waals surface area contributed by atoms with Gasteiger partial charge < -0.3 is 14.7 Å². The Balaban J connectivity index is 2.58. The first kappa shape index (κ1) is 17.6. The minimum absolute atomic E-state index is 0.112. The molecule has 0 spiro atoms. The van der Waals surface area contributed by atoms with Crippen molar-refractivity contribution in [3.05, 3.63) is 17.7 Å². The van der Waals surface area contributed by atoms with Gasteiger partial charge in [-0.15, -0.1) is 0 Å². The summed E-state index contributed by atoms with van der Waals surface area (Å²) in [6, 6.07) is 2.53. The van der Waals surface area contributed by atoms with Crippen LogP contribution in [0, 0.1) is 0 Å². The van der Waals surface area contributed by atoms with E-state index < -0.39 is 16.0 Å². The SMILES string of the molecule is CCCCOc1c(N2CCCC2)cc(C(=O)O)cc1S(N)(=O)=O. The third-order valence-corrected chi connectivity index (χ3v) is 4.70. The Bertz CT molecular complexity index is 681. The van der Waals surface area contributed by atoms with Crippen LogP contribution in [0.1, 0.15) is 43.0 Å². The Morgan fingerprint density at radius 2 is 2.00 bits per heavy atom. The fourth-order valence-electron chi connectivity index (χ4n) is 2.58. The first-order valence-corrected chi connectivity index (χ1v) is 9.21. The lowest BCUT2D eigenvalue weighted by Crippen LogP contribution is -2.22. The van der Waals surface area contributed by atoms with Crippen LogP contribution in [0.15, 0.2) is 17.0 Å². The van der Waals surface area contributed by atoms with Crippen LogP contribution < -0.4 is 14.8 Å². The van der Waals surface area contributed by atoms with Crippen LogP contribution in [-0.2, 0) is 10.0 Å². The predicted octanol–water partition coefficient (Wildman–Crippen LogP) is 1.81. The van der Waals surface area contributed by atoms with Crippen LogP contribution in [-0.4, -0.2) is 39.2 Å². The molecule has 0 radical (unpaired) electrons. The van der Waals surface area contributed by atoms with Crippen molar-refractivity contribution in [1.29, 1.82) is 0 Å². The smallest absolute Gasteiger partial charge is 0.335 e. The van der Waals surface area contributed by atoms with Gasteiger partial charge in [-0.1, -0.05) is 13.3 Å². The highest BCUT2D eigenvalue weighted by Gasteiger charge is 2.26. The maximum atomic E-state index is 11.9. The number of benzene rings is 1. The Labute approximate surface area is 136 Å². The Morgan fingerprint density at radius 3 is 2.52 bits per heavy atom. The molecule has 0 unspecified atom stereocenters. The second kappa shape index (κ2) is 7.18. The molecule has 0 aromatic heterocycles. The Kier molecular flexibility index (Phi) is 5.48. The molecule has 1 saturated heterocycles. The number of carbonyl (C=O) groups is 1. The number of nitrogens with two attached hydrogens (primary N) is 1. The highest BCUT2D eigenvalue weighted by molar-refractivity contribution is 7.89. The molecule has 7 nitrogen and oxygen atoms in total. The molecule has 0 amide bonds. The van der Waals surface area contributed by atoms with E-state index in [9.17, 15) is 18.3 Å². The normalized spacial score (nSPS) is 15.0. The van der Waals surface area contributed by atoms with Crippen molar-refractivity contribution in [3.8, 4) is 5.75 Å². The molecule has 1 aromatic rings. The maximum absolute atomic E-state index is 11.9.